The highest BCUT2D eigenvalue weighted by atomic mass is 32.2. The third-order valence-corrected chi connectivity index (χ3v) is 7.25. The minimum absolute atomic E-state index is 0.000405. The van der Waals surface area contributed by atoms with E-state index in [-0.39, 0.29) is 23.5 Å². The molecular formula is C28H24N2O5S. The second-order valence-electron chi connectivity index (χ2n) is 9.05. The summed E-state index contributed by atoms with van der Waals surface area (Å²) in [4.78, 5) is 57.0. The van der Waals surface area contributed by atoms with Crippen molar-refractivity contribution in [2.75, 3.05) is 11.5 Å². The van der Waals surface area contributed by atoms with E-state index < -0.39 is 36.3 Å². The van der Waals surface area contributed by atoms with Crippen molar-refractivity contribution in [2.45, 2.75) is 36.1 Å². The standard InChI is InChI=1S/C28H24N2O5S/c1-17(2)15-22(30-26(32)18-9-3-4-10-19(18)27(30)33)28(34)35-16-25(31)29-20-11-5-7-13-23(20)36-24-14-8-6-12-21(24)29/h3-14,17,22H,15-16H2,1-2H3. The first-order chi connectivity index (χ1) is 17.4. The summed E-state index contributed by atoms with van der Waals surface area (Å²) in [6.07, 6.45) is 0.227. The van der Waals surface area contributed by atoms with Gasteiger partial charge in [-0.05, 0) is 48.7 Å². The van der Waals surface area contributed by atoms with Gasteiger partial charge in [0.1, 0.15) is 6.04 Å². The van der Waals surface area contributed by atoms with Gasteiger partial charge in [0, 0.05) is 9.79 Å². The topological polar surface area (TPSA) is 84.0 Å². The van der Waals surface area contributed by atoms with Crippen LogP contribution in [-0.4, -0.2) is 41.2 Å². The van der Waals surface area contributed by atoms with Crippen LogP contribution in [0.15, 0.2) is 82.6 Å². The molecule has 0 bridgehead atoms. The van der Waals surface area contributed by atoms with E-state index >= 15 is 0 Å². The molecule has 3 aromatic rings. The Morgan fingerprint density at radius 2 is 1.31 bits per heavy atom. The molecule has 2 aliphatic rings. The van der Waals surface area contributed by atoms with Crippen molar-refractivity contribution in [3.8, 4) is 0 Å². The van der Waals surface area contributed by atoms with E-state index in [0.717, 1.165) is 14.7 Å². The minimum atomic E-state index is -1.12. The number of anilines is 2. The van der Waals surface area contributed by atoms with Crippen LogP contribution in [-0.2, 0) is 14.3 Å². The Morgan fingerprint density at radius 1 is 0.806 bits per heavy atom. The number of rotatable bonds is 6. The minimum Gasteiger partial charge on any atom is -0.454 e. The van der Waals surface area contributed by atoms with Gasteiger partial charge in [-0.2, -0.15) is 0 Å². The zero-order valence-electron chi connectivity index (χ0n) is 19.8. The highest BCUT2D eigenvalue weighted by molar-refractivity contribution is 7.99. The molecule has 1 unspecified atom stereocenters. The van der Waals surface area contributed by atoms with Gasteiger partial charge in [0.2, 0.25) is 0 Å². The molecule has 0 aliphatic carbocycles. The summed E-state index contributed by atoms with van der Waals surface area (Å²) < 4.78 is 5.48. The number of ether oxygens (including phenoxy) is 1. The lowest BCUT2D eigenvalue weighted by Gasteiger charge is -2.31. The molecule has 0 saturated carbocycles. The monoisotopic (exact) mass is 500 g/mol. The van der Waals surface area contributed by atoms with E-state index in [9.17, 15) is 19.2 Å². The summed E-state index contributed by atoms with van der Waals surface area (Å²) in [7, 11) is 0. The van der Waals surface area contributed by atoms with Crippen LogP contribution in [0.25, 0.3) is 0 Å². The number of benzene rings is 3. The van der Waals surface area contributed by atoms with Gasteiger partial charge in [-0.3, -0.25) is 24.2 Å². The zero-order chi connectivity index (χ0) is 25.4. The van der Waals surface area contributed by atoms with Crippen LogP contribution in [0.3, 0.4) is 0 Å². The van der Waals surface area contributed by atoms with Gasteiger partial charge in [-0.15, -0.1) is 0 Å². The molecule has 0 fully saturated rings. The molecular weight excluding hydrogens is 476 g/mol. The zero-order valence-corrected chi connectivity index (χ0v) is 20.7. The van der Waals surface area contributed by atoms with Crippen molar-refractivity contribution in [2.24, 2.45) is 5.92 Å². The van der Waals surface area contributed by atoms with Crippen LogP contribution in [0.5, 0.6) is 0 Å². The fourth-order valence-electron chi connectivity index (χ4n) is 4.51. The summed E-state index contributed by atoms with van der Waals surface area (Å²) in [5, 5.41) is 0. The largest absolute Gasteiger partial charge is 0.454 e. The van der Waals surface area contributed by atoms with Gasteiger partial charge >= 0.3 is 5.97 Å². The normalized spacial score (nSPS) is 14.9. The summed E-state index contributed by atoms with van der Waals surface area (Å²) in [6, 6.07) is 20.4. The highest BCUT2D eigenvalue weighted by Gasteiger charge is 2.43. The Morgan fingerprint density at radius 3 is 1.83 bits per heavy atom. The molecule has 2 heterocycles. The smallest absolute Gasteiger partial charge is 0.329 e. The maximum Gasteiger partial charge on any atom is 0.329 e. The SMILES string of the molecule is CC(C)CC(C(=O)OCC(=O)N1c2ccccc2Sc2ccccc21)N1C(=O)c2ccccc2C1=O. The van der Waals surface area contributed by atoms with Gasteiger partial charge in [0.25, 0.3) is 17.7 Å². The number of nitrogens with zero attached hydrogens (tertiary/aromatic N) is 2. The summed E-state index contributed by atoms with van der Waals surface area (Å²) >= 11 is 1.57. The molecule has 8 heteroatoms. The van der Waals surface area contributed by atoms with Crippen molar-refractivity contribution in [3.05, 3.63) is 83.9 Å². The molecule has 0 N–H and O–H groups in total. The van der Waals surface area contributed by atoms with Gasteiger partial charge in [0.05, 0.1) is 22.5 Å². The lowest BCUT2D eigenvalue weighted by Crippen LogP contribution is -2.47. The van der Waals surface area contributed by atoms with Gasteiger partial charge in [0.15, 0.2) is 6.61 Å². The first kappa shape index (κ1) is 23.8. The van der Waals surface area contributed by atoms with Crippen LogP contribution in [0.2, 0.25) is 0 Å². The Hall–Kier alpha value is -3.91. The average Bonchev–Trinajstić information content (AvgIpc) is 3.13. The number of para-hydroxylation sites is 2. The maximum absolute atomic E-state index is 13.4. The number of imide groups is 1. The second-order valence-corrected chi connectivity index (χ2v) is 10.1. The van der Waals surface area contributed by atoms with Crippen LogP contribution in [0.4, 0.5) is 11.4 Å². The number of hydrogen-bond acceptors (Lipinski definition) is 6. The summed E-state index contributed by atoms with van der Waals surface area (Å²) in [5.41, 5.74) is 1.95. The fourth-order valence-corrected chi connectivity index (χ4v) is 5.57. The number of fused-ring (bicyclic) bond motifs is 3. The Kier molecular flexibility index (Phi) is 6.36. The van der Waals surface area contributed by atoms with Crippen LogP contribution in [0, 0.1) is 5.92 Å². The van der Waals surface area contributed by atoms with Crippen molar-refractivity contribution >= 4 is 46.8 Å². The first-order valence-electron chi connectivity index (χ1n) is 11.7. The molecule has 1 atom stereocenters. The molecule has 3 aromatic carbocycles. The maximum atomic E-state index is 13.4. The second kappa shape index (κ2) is 9.62. The fraction of sp³-hybridized carbons (Fsp3) is 0.214. The molecule has 36 heavy (non-hydrogen) atoms. The molecule has 0 radical (unpaired) electrons. The lowest BCUT2D eigenvalue weighted by molar-refractivity contribution is -0.152. The van der Waals surface area contributed by atoms with E-state index in [1.165, 1.54) is 0 Å². The number of hydrogen-bond donors (Lipinski definition) is 0. The Labute approximate surface area is 213 Å². The number of amides is 3. The molecule has 0 saturated heterocycles. The average molecular weight is 501 g/mol. The first-order valence-corrected chi connectivity index (χ1v) is 12.5. The van der Waals surface area contributed by atoms with E-state index in [4.69, 9.17) is 4.74 Å². The van der Waals surface area contributed by atoms with E-state index in [0.29, 0.717) is 11.4 Å². The number of carbonyl (C=O) groups excluding carboxylic acids is 4. The highest BCUT2D eigenvalue weighted by Crippen LogP contribution is 2.47. The van der Waals surface area contributed by atoms with Crippen molar-refractivity contribution < 1.29 is 23.9 Å². The molecule has 0 spiro atoms. The van der Waals surface area contributed by atoms with Crippen LogP contribution in [0.1, 0.15) is 41.0 Å². The Balaban J connectivity index is 1.37. The van der Waals surface area contributed by atoms with E-state index in [1.807, 2.05) is 62.4 Å². The molecule has 0 aromatic heterocycles. The quantitative estimate of drug-likeness (QED) is 0.347. The van der Waals surface area contributed by atoms with Gasteiger partial charge in [-0.1, -0.05) is 62.0 Å². The molecule has 3 amide bonds. The van der Waals surface area contributed by atoms with E-state index in [1.54, 1.807) is 40.9 Å². The third-order valence-electron chi connectivity index (χ3n) is 6.12. The molecule has 2 aliphatic heterocycles. The van der Waals surface area contributed by atoms with Crippen molar-refractivity contribution in [1.82, 2.24) is 4.90 Å². The predicted octanol–water partition coefficient (Wildman–Crippen LogP) is 5.07. The molecule has 182 valence electrons. The van der Waals surface area contributed by atoms with Crippen molar-refractivity contribution in [1.29, 1.82) is 0 Å². The molecule has 5 rings (SSSR count). The molecule has 7 nitrogen and oxygen atoms in total. The van der Waals surface area contributed by atoms with Gasteiger partial charge < -0.3 is 4.74 Å². The Bertz CT molecular complexity index is 1310. The van der Waals surface area contributed by atoms with Crippen LogP contribution >= 0.6 is 11.8 Å². The van der Waals surface area contributed by atoms with Crippen molar-refractivity contribution in [3.63, 3.8) is 0 Å². The number of carbonyl (C=O) groups is 4. The summed E-state index contributed by atoms with van der Waals surface area (Å²) in [6.45, 7) is 3.26. The lowest BCUT2D eigenvalue weighted by atomic mass is 10.0. The summed E-state index contributed by atoms with van der Waals surface area (Å²) in [5.74, 6) is -2.25. The third kappa shape index (κ3) is 4.18. The van der Waals surface area contributed by atoms with Gasteiger partial charge in [-0.25, -0.2) is 4.79 Å². The van der Waals surface area contributed by atoms with E-state index in [2.05, 4.69) is 0 Å². The number of esters is 1. The van der Waals surface area contributed by atoms with Crippen LogP contribution < -0.4 is 4.90 Å². The predicted molar refractivity (Wildman–Crippen MR) is 135 cm³/mol.